The van der Waals surface area contributed by atoms with Crippen LogP contribution < -0.4 is 10.1 Å². The van der Waals surface area contributed by atoms with Crippen molar-refractivity contribution in [3.05, 3.63) is 97.3 Å². The lowest BCUT2D eigenvalue weighted by Crippen LogP contribution is -2.13. The molecule has 0 amide bonds. The van der Waals surface area contributed by atoms with E-state index in [0.717, 1.165) is 28.2 Å². The number of fused-ring (bicyclic) bond motifs is 1. The third kappa shape index (κ3) is 4.09. The van der Waals surface area contributed by atoms with Gasteiger partial charge in [-0.15, -0.1) is 0 Å². The van der Waals surface area contributed by atoms with Gasteiger partial charge in [0.1, 0.15) is 18.7 Å². The molecule has 0 aliphatic heterocycles. The summed E-state index contributed by atoms with van der Waals surface area (Å²) < 4.78 is 7.78. The molecule has 2 heterocycles. The van der Waals surface area contributed by atoms with Crippen molar-refractivity contribution >= 4 is 17.0 Å². The van der Waals surface area contributed by atoms with Crippen LogP contribution in [-0.2, 0) is 0 Å². The number of nitrogens with one attached hydrogen (secondary N) is 1. The summed E-state index contributed by atoms with van der Waals surface area (Å²) in [5, 5.41) is 3.38. The van der Waals surface area contributed by atoms with Crippen molar-refractivity contribution in [3.8, 4) is 22.8 Å². The van der Waals surface area contributed by atoms with Crippen LogP contribution in [0.1, 0.15) is 0 Å². The van der Waals surface area contributed by atoms with Gasteiger partial charge < -0.3 is 10.1 Å². The van der Waals surface area contributed by atoms with Gasteiger partial charge in [-0.1, -0.05) is 66.7 Å². The molecule has 5 rings (SSSR count). The fourth-order valence-corrected chi connectivity index (χ4v) is 3.37. The van der Waals surface area contributed by atoms with Crippen molar-refractivity contribution in [2.45, 2.75) is 0 Å². The number of hydrogen-bond acceptors (Lipinski definition) is 5. The van der Waals surface area contributed by atoms with Crippen LogP contribution in [0, 0.1) is 0 Å². The van der Waals surface area contributed by atoms with E-state index >= 15 is 0 Å². The van der Waals surface area contributed by atoms with Crippen LogP contribution in [0.15, 0.2) is 97.3 Å². The minimum atomic E-state index is 0.509. The second-order valence-corrected chi connectivity index (χ2v) is 6.97. The number of benzene rings is 3. The molecule has 0 spiro atoms. The van der Waals surface area contributed by atoms with Crippen molar-refractivity contribution in [1.29, 1.82) is 0 Å². The number of para-hydroxylation sites is 2. The average Bonchev–Trinajstić information content (AvgIpc) is 3.28. The van der Waals surface area contributed by atoms with Crippen molar-refractivity contribution in [2.24, 2.45) is 0 Å². The molecule has 1 N–H and O–H groups in total. The summed E-state index contributed by atoms with van der Waals surface area (Å²) in [7, 11) is 0. The molecule has 2 aromatic heterocycles. The second kappa shape index (κ2) is 8.67. The molecule has 0 saturated carbocycles. The molecule has 31 heavy (non-hydrogen) atoms. The summed E-state index contributed by atoms with van der Waals surface area (Å²) in [4.78, 5) is 14.2. The van der Waals surface area contributed by atoms with Gasteiger partial charge in [0, 0.05) is 11.3 Å². The fourth-order valence-electron chi connectivity index (χ4n) is 3.37. The van der Waals surface area contributed by atoms with Crippen LogP contribution in [0.4, 0.5) is 5.82 Å². The summed E-state index contributed by atoms with van der Waals surface area (Å²) in [5.41, 5.74) is 3.43. The summed E-state index contributed by atoms with van der Waals surface area (Å²) in [6.45, 7) is 1.10. The van der Waals surface area contributed by atoms with Gasteiger partial charge in [-0.2, -0.15) is 0 Å². The van der Waals surface area contributed by atoms with Crippen LogP contribution in [0.5, 0.6) is 5.75 Å². The topological polar surface area (TPSA) is 64.9 Å². The Morgan fingerprint density at radius 2 is 1.45 bits per heavy atom. The molecule has 0 saturated heterocycles. The number of rotatable bonds is 7. The zero-order valence-corrected chi connectivity index (χ0v) is 16.8. The molecule has 152 valence electrons. The van der Waals surface area contributed by atoms with Gasteiger partial charge in [0.25, 0.3) is 0 Å². The predicted octanol–water partition coefficient (Wildman–Crippen LogP) is 4.97. The van der Waals surface area contributed by atoms with Gasteiger partial charge in [0.05, 0.1) is 6.54 Å². The minimum Gasteiger partial charge on any atom is -0.492 e. The third-order valence-electron chi connectivity index (χ3n) is 4.87. The number of imidazole rings is 1. The Labute approximate surface area is 180 Å². The maximum atomic E-state index is 5.80. The third-order valence-corrected chi connectivity index (χ3v) is 4.87. The highest BCUT2D eigenvalue weighted by molar-refractivity contribution is 5.86. The van der Waals surface area contributed by atoms with E-state index in [9.17, 15) is 0 Å². The Balaban J connectivity index is 1.48. The van der Waals surface area contributed by atoms with E-state index in [1.165, 1.54) is 0 Å². The predicted molar refractivity (Wildman–Crippen MR) is 123 cm³/mol. The minimum absolute atomic E-state index is 0.509. The second-order valence-electron chi connectivity index (χ2n) is 6.97. The highest BCUT2D eigenvalue weighted by Gasteiger charge is 2.15. The summed E-state index contributed by atoms with van der Waals surface area (Å²) >= 11 is 0. The molecule has 0 unspecified atom stereocenters. The Kier molecular flexibility index (Phi) is 5.26. The SMILES string of the molecule is c1ccc(OCCNc2nc(-c3ccccc3)nc3c2ncn3-c2ccccc2)cc1. The number of anilines is 1. The lowest BCUT2D eigenvalue weighted by Gasteiger charge is -2.11. The number of ether oxygens (including phenoxy) is 1. The molecule has 5 aromatic rings. The van der Waals surface area contributed by atoms with Crippen LogP contribution >= 0.6 is 0 Å². The maximum Gasteiger partial charge on any atom is 0.170 e. The van der Waals surface area contributed by atoms with Gasteiger partial charge in [-0.3, -0.25) is 4.57 Å². The quantitative estimate of drug-likeness (QED) is 0.386. The van der Waals surface area contributed by atoms with Crippen molar-refractivity contribution in [3.63, 3.8) is 0 Å². The first kappa shape index (κ1) is 18.8. The first-order valence-corrected chi connectivity index (χ1v) is 10.2. The summed E-state index contributed by atoms with van der Waals surface area (Å²) in [6.07, 6.45) is 1.79. The summed E-state index contributed by atoms with van der Waals surface area (Å²) in [6, 6.07) is 29.8. The molecular formula is C25H21N5O. The van der Waals surface area contributed by atoms with Crippen LogP contribution in [-0.4, -0.2) is 32.7 Å². The standard InChI is InChI=1S/C25H21N5O/c1-4-10-19(11-5-1)23-28-24(26-16-17-31-21-14-8-3-9-15-21)22-25(29-23)30(18-27-22)20-12-6-2-7-13-20/h1-15,18H,16-17H2,(H,26,28,29). The number of hydrogen-bond donors (Lipinski definition) is 1. The highest BCUT2D eigenvalue weighted by Crippen LogP contribution is 2.26. The molecule has 0 aliphatic carbocycles. The fraction of sp³-hybridized carbons (Fsp3) is 0.0800. The normalized spacial score (nSPS) is 10.8. The molecule has 0 bridgehead atoms. The summed E-state index contributed by atoms with van der Waals surface area (Å²) in [5.74, 6) is 2.18. The average molecular weight is 407 g/mol. The molecule has 0 fully saturated rings. The largest absolute Gasteiger partial charge is 0.492 e. The molecule has 0 aliphatic rings. The number of nitrogens with zero attached hydrogens (tertiary/aromatic N) is 4. The lowest BCUT2D eigenvalue weighted by molar-refractivity contribution is 0.333. The smallest absolute Gasteiger partial charge is 0.170 e. The zero-order chi connectivity index (χ0) is 20.9. The maximum absolute atomic E-state index is 5.80. The molecule has 6 heteroatoms. The van der Waals surface area contributed by atoms with Gasteiger partial charge in [-0.25, -0.2) is 15.0 Å². The van der Waals surface area contributed by atoms with E-state index in [0.29, 0.717) is 24.8 Å². The van der Waals surface area contributed by atoms with E-state index in [1.54, 1.807) is 6.33 Å². The first-order chi connectivity index (χ1) is 15.4. The van der Waals surface area contributed by atoms with Gasteiger partial charge in [0.15, 0.2) is 22.8 Å². The Bertz CT molecular complexity index is 1270. The van der Waals surface area contributed by atoms with E-state index in [-0.39, 0.29) is 0 Å². The van der Waals surface area contributed by atoms with E-state index in [1.807, 2.05) is 95.6 Å². The number of aromatic nitrogens is 4. The van der Waals surface area contributed by atoms with Crippen LogP contribution in [0.25, 0.3) is 28.2 Å². The first-order valence-electron chi connectivity index (χ1n) is 10.2. The molecule has 3 aromatic carbocycles. The van der Waals surface area contributed by atoms with Gasteiger partial charge in [0.2, 0.25) is 0 Å². The van der Waals surface area contributed by atoms with E-state index in [2.05, 4.69) is 10.3 Å². The molecule has 0 atom stereocenters. The monoisotopic (exact) mass is 407 g/mol. The van der Waals surface area contributed by atoms with Crippen molar-refractivity contribution < 1.29 is 4.74 Å². The van der Waals surface area contributed by atoms with Gasteiger partial charge >= 0.3 is 0 Å². The Morgan fingerprint density at radius 3 is 2.19 bits per heavy atom. The van der Waals surface area contributed by atoms with Crippen molar-refractivity contribution in [1.82, 2.24) is 19.5 Å². The molecular weight excluding hydrogens is 386 g/mol. The van der Waals surface area contributed by atoms with Crippen LogP contribution in [0.3, 0.4) is 0 Å². The van der Waals surface area contributed by atoms with E-state index < -0.39 is 0 Å². The van der Waals surface area contributed by atoms with Crippen molar-refractivity contribution in [2.75, 3.05) is 18.5 Å². The lowest BCUT2D eigenvalue weighted by atomic mass is 10.2. The zero-order valence-electron chi connectivity index (χ0n) is 16.8. The highest BCUT2D eigenvalue weighted by atomic mass is 16.5. The van der Waals surface area contributed by atoms with Crippen LogP contribution in [0.2, 0.25) is 0 Å². The Morgan fingerprint density at radius 1 is 0.774 bits per heavy atom. The van der Waals surface area contributed by atoms with Gasteiger partial charge in [-0.05, 0) is 24.3 Å². The Hall–Kier alpha value is -4.19. The molecule has 6 nitrogen and oxygen atoms in total. The van der Waals surface area contributed by atoms with E-state index in [4.69, 9.17) is 14.7 Å². The molecule has 0 radical (unpaired) electrons.